The summed E-state index contributed by atoms with van der Waals surface area (Å²) in [4.78, 5) is 11.9. The number of carbonyl (C=O) groups is 1. The van der Waals surface area contributed by atoms with Gasteiger partial charge in [0.05, 0.1) is 18.6 Å². The van der Waals surface area contributed by atoms with Crippen LogP contribution in [0.1, 0.15) is 66.7 Å². The highest BCUT2D eigenvalue weighted by molar-refractivity contribution is 5.66. The van der Waals surface area contributed by atoms with Gasteiger partial charge in [-0.05, 0) is 54.9 Å². The molecule has 0 spiro atoms. The molecule has 6 aliphatic rings. The number of esters is 1. The minimum atomic E-state index is -2.24. The van der Waals surface area contributed by atoms with Gasteiger partial charge in [-0.3, -0.25) is 4.79 Å². The molecule has 0 bridgehead atoms. The van der Waals surface area contributed by atoms with Gasteiger partial charge in [-0.1, -0.05) is 44.9 Å². The van der Waals surface area contributed by atoms with Crippen molar-refractivity contribution in [1.29, 1.82) is 0 Å². The van der Waals surface area contributed by atoms with E-state index in [0.29, 0.717) is 5.92 Å². The lowest BCUT2D eigenvalue weighted by Crippen LogP contribution is -2.77. The van der Waals surface area contributed by atoms with Crippen molar-refractivity contribution in [3.63, 3.8) is 0 Å². The highest BCUT2D eigenvalue weighted by atomic mass is 16.8. The maximum Gasteiger partial charge on any atom is 0.303 e. The topological polar surface area (TPSA) is 104 Å². The van der Waals surface area contributed by atoms with Crippen molar-refractivity contribution in [3.05, 3.63) is 22.8 Å². The second kappa shape index (κ2) is 7.87. The Morgan fingerprint density at radius 1 is 1.19 bits per heavy atom. The average Bonchev–Trinajstić information content (AvgIpc) is 3.28. The fraction of sp³-hybridized carbons (Fsp3) is 0.821. The Kier molecular flexibility index (Phi) is 5.47. The number of fused-ring (bicyclic) bond motifs is 4. The third kappa shape index (κ3) is 2.94. The number of ether oxygens (including phenoxy) is 5. The van der Waals surface area contributed by atoms with Gasteiger partial charge < -0.3 is 33.9 Å². The fourth-order valence-electron chi connectivity index (χ4n) is 8.63. The summed E-state index contributed by atoms with van der Waals surface area (Å²) in [7, 11) is 1.52. The maximum atomic E-state index is 12.3. The molecule has 6 rings (SSSR count). The lowest BCUT2D eigenvalue weighted by Gasteiger charge is -2.57. The fourth-order valence-corrected chi connectivity index (χ4v) is 8.63. The Morgan fingerprint density at radius 2 is 1.94 bits per heavy atom. The number of hydrogen-bond acceptors (Lipinski definition) is 8. The minimum absolute atomic E-state index is 0.154. The van der Waals surface area contributed by atoms with Crippen molar-refractivity contribution in [3.8, 4) is 0 Å². The van der Waals surface area contributed by atoms with Crippen molar-refractivity contribution in [2.75, 3.05) is 13.7 Å². The van der Waals surface area contributed by atoms with Gasteiger partial charge in [0.2, 0.25) is 5.79 Å². The van der Waals surface area contributed by atoms with Gasteiger partial charge in [-0.15, -0.1) is 0 Å². The lowest BCUT2D eigenvalue weighted by molar-refractivity contribution is -0.440. The van der Waals surface area contributed by atoms with Gasteiger partial charge in [0.1, 0.15) is 0 Å². The van der Waals surface area contributed by atoms with E-state index < -0.39 is 48.1 Å². The van der Waals surface area contributed by atoms with Gasteiger partial charge in [0, 0.05) is 19.4 Å². The minimum Gasteiger partial charge on any atom is -0.454 e. The molecule has 10 unspecified atom stereocenters. The predicted octanol–water partition coefficient (Wildman–Crippen LogP) is 3.21. The van der Waals surface area contributed by atoms with E-state index in [0.717, 1.165) is 31.3 Å². The Hall–Kier alpha value is -1.29. The average molecular weight is 505 g/mol. The van der Waals surface area contributed by atoms with Gasteiger partial charge in [0.25, 0.3) is 0 Å². The smallest absolute Gasteiger partial charge is 0.303 e. The van der Waals surface area contributed by atoms with Crippen LogP contribution < -0.4 is 0 Å². The molecule has 0 aromatic heterocycles. The zero-order valence-electron chi connectivity index (χ0n) is 22.2. The third-order valence-electron chi connectivity index (χ3n) is 10.5. The van der Waals surface area contributed by atoms with Crippen molar-refractivity contribution >= 4 is 5.97 Å². The maximum absolute atomic E-state index is 12.3. The van der Waals surface area contributed by atoms with Crippen LogP contribution in [0.4, 0.5) is 0 Å². The van der Waals surface area contributed by atoms with Crippen molar-refractivity contribution in [1.82, 2.24) is 0 Å². The van der Waals surface area contributed by atoms with E-state index in [4.69, 9.17) is 23.7 Å². The lowest BCUT2D eigenvalue weighted by atomic mass is 9.52. The molecule has 0 aromatic rings. The molecule has 8 nitrogen and oxygen atoms in total. The summed E-state index contributed by atoms with van der Waals surface area (Å²) in [5.41, 5.74) is 1.82. The zero-order valence-corrected chi connectivity index (χ0v) is 22.2. The van der Waals surface area contributed by atoms with Crippen LogP contribution in [0.25, 0.3) is 0 Å². The summed E-state index contributed by atoms with van der Waals surface area (Å²) >= 11 is 0. The van der Waals surface area contributed by atoms with Crippen LogP contribution in [0.5, 0.6) is 0 Å². The van der Waals surface area contributed by atoms with Gasteiger partial charge in [0.15, 0.2) is 24.3 Å². The third-order valence-corrected chi connectivity index (χ3v) is 10.5. The molecule has 200 valence electrons. The first-order valence-corrected chi connectivity index (χ1v) is 13.4. The number of carbonyl (C=O) groups excluding carboxylic acids is 1. The van der Waals surface area contributed by atoms with E-state index >= 15 is 0 Å². The summed E-state index contributed by atoms with van der Waals surface area (Å²) in [6.45, 7) is 10.4. The van der Waals surface area contributed by atoms with E-state index in [1.165, 1.54) is 20.5 Å². The van der Waals surface area contributed by atoms with Crippen LogP contribution >= 0.6 is 0 Å². The molecular formula is C28H40O8. The number of aliphatic hydroxyl groups is 2. The monoisotopic (exact) mass is 504 g/mol. The Bertz CT molecular complexity index is 1030. The number of rotatable bonds is 3. The molecule has 3 saturated heterocycles. The van der Waals surface area contributed by atoms with Gasteiger partial charge in [-0.25, -0.2) is 0 Å². The highest BCUT2D eigenvalue weighted by Gasteiger charge is 2.80. The molecule has 3 aliphatic carbocycles. The van der Waals surface area contributed by atoms with Crippen LogP contribution in [0, 0.1) is 28.6 Å². The van der Waals surface area contributed by atoms with Crippen molar-refractivity contribution in [2.45, 2.75) is 103 Å². The largest absolute Gasteiger partial charge is 0.454 e. The quantitative estimate of drug-likeness (QED) is 0.446. The Balaban J connectivity index is 1.51. The standard InChI is InChI=1S/C28H40O8/c1-14(2)16-9-10-25(4)11-12-26(5)18(20(16)25)8-7-17-21-22(26)35-24-27(21,30)28(31,36-23(17)32-6)19(13-33-24)34-15(3)29/h7,14,18-19,21-24,30-31H,8-13H2,1-6H3. The number of hydrogen-bond donors (Lipinski definition) is 2. The SMILES string of the molecule is COC1OC2(O)C(OC(C)=O)COC3OC4C(C1=CCC1C5=C(C(C)C)CCC5(C)CCC14C)C32O. The Labute approximate surface area is 212 Å². The molecule has 36 heavy (non-hydrogen) atoms. The number of methoxy groups -OCH3 is 1. The van der Waals surface area contributed by atoms with Crippen LogP contribution in [0.2, 0.25) is 0 Å². The molecule has 3 heterocycles. The first kappa shape index (κ1) is 25.0. The summed E-state index contributed by atoms with van der Waals surface area (Å²) in [6, 6.07) is 0. The Morgan fingerprint density at radius 3 is 2.61 bits per heavy atom. The van der Waals surface area contributed by atoms with Crippen LogP contribution in [-0.2, 0) is 28.5 Å². The van der Waals surface area contributed by atoms with Crippen molar-refractivity contribution in [2.24, 2.45) is 28.6 Å². The second-order valence-electron chi connectivity index (χ2n) is 12.7. The molecule has 10 atom stereocenters. The van der Waals surface area contributed by atoms with E-state index in [1.54, 1.807) is 11.1 Å². The summed E-state index contributed by atoms with van der Waals surface area (Å²) in [5.74, 6) is -2.76. The highest BCUT2D eigenvalue weighted by Crippen LogP contribution is 2.68. The molecule has 3 aliphatic heterocycles. The molecule has 8 heteroatoms. The molecule has 1 saturated carbocycles. The molecule has 2 N–H and O–H groups in total. The zero-order chi connectivity index (χ0) is 25.8. The van der Waals surface area contributed by atoms with E-state index in [2.05, 4.69) is 33.8 Å². The van der Waals surface area contributed by atoms with Crippen molar-refractivity contribution < 1.29 is 38.7 Å². The first-order valence-electron chi connectivity index (χ1n) is 13.4. The number of allylic oxidation sites excluding steroid dienone is 3. The van der Waals surface area contributed by atoms with Crippen LogP contribution in [0.15, 0.2) is 22.8 Å². The summed E-state index contributed by atoms with van der Waals surface area (Å²) in [6.07, 6.45) is 3.58. The summed E-state index contributed by atoms with van der Waals surface area (Å²) < 4.78 is 29.8. The van der Waals surface area contributed by atoms with Gasteiger partial charge >= 0.3 is 5.97 Å². The van der Waals surface area contributed by atoms with Crippen LogP contribution in [0.3, 0.4) is 0 Å². The van der Waals surface area contributed by atoms with E-state index in [9.17, 15) is 15.0 Å². The van der Waals surface area contributed by atoms with E-state index in [1.807, 2.05) is 0 Å². The second-order valence-corrected chi connectivity index (χ2v) is 12.7. The molecule has 4 fully saturated rings. The molecule has 0 radical (unpaired) electrons. The van der Waals surface area contributed by atoms with Gasteiger partial charge in [-0.2, -0.15) is 0 Å². The normalized spacial score (nSPS) is 51.3. The molecule has 0 aromatic carbocycles. The molecule has 0 amide bonds. The van der Waals surface area contributed by atoms with Crippen LogP contribution in [-0.4, -0.2) is 66.1 Å². The summed E-state index contributed by atoms with van der Waals surface area (Å²) in [5, 5.41) is 24.3. The predicted molar refractivity (Wildman–Crippen MR) is 128 cm³/mol. The van der Waals surface area contributed by atoms with E-state index in [-0.39, 0.29) is 23.4 Å². The first-order chi connectivity index (χ1) is 16.9. The molecular weight excluding hydrogens is 464 g/mol.